The summed E-state index contributed by atoms with van der Waals surface area (Å²) in [5.74, 6) is 1.91. The number of hydrogen-bond acceptors (Lipinski definition) is 6. The number of likely N-dealkylation sites (tertiary alicyclic amines) is 1. The van der Waals surface area contributed by atoms with E-state index in [0.717, 1.165) is 25.4 Å². The number of likely N-dealkylation sites (N-methyl/N-ethyl adjacent to an activating group) is 1. The smallest absolute Gasteiger partial charge is 0.232 e. The van der Waals surface area contributed by atoms with Crippen LogP contribution in [0.2, 0.25) is 0 Å². The van der Waals surface area contributed by atoms with Gasteiger partial charge >= 0.3 is 0 Å². The first-order valence-corrected chi connectivity index (χ1v) is 12.0. The fourth-order valence-corrected chi connectivity index (χ4v) is 7.05. The minimum absolute atomic E-state index is 0.00713. The second-order valence-electron chi connectivity index (χ2n) is 7.03. The number of hydrogen-bond donors (Lipinski definition) is 0. The molecule has 0 aromatic rings. The number of piperazine rings is 1. The van der Waals surface area contributed by atoms with E-state index in [2.05, 4.69) is 16.7 Å². The summed E-state index contributed by atoms with van der Waals surface area (Å²) < 4.78 is 24.1. The van der Waals surface area contributed by atoms with E-state index in [1.807, 2.05) is 4.90 Å². The van der Waals surface area contributed by atoms with Crippen LogP contribution in [0.3, 0.4) is 0 Å². The van der Waals surface area contributed by atoms with Crippen LogP contribution in [-0.4, -0.2) is 103 Å². The van der Waals surface area contributed by atoms with Gasteiger partial charge in [-0.3, -0.25) is 9.69 Å². The first-order chi connectivity index (χ1) is 11.5. The highest BCUT2D eigenvalue weighted by Gasteiger charge is 2.47. The molecule has 3 saturated heterocycles. The number of thioether (sulfide) groups is 1. The Kier molecular flexibility index (Phi) is 6.11. The Morgan fingerprint density at radius 1 is 1.08 bits per heavy atom. The molecule has 0 saturated carbocycles. The monoisotopic (exact) mass is 375 g/mol. The van der Waals surface area contributed by atoms with Crippen LogP contribution in [0.25, 0.3) is 0 Å². The van der Waals surface area contributed by atoms with Gasteiger partial charge < -0.3 is 9.80 Å². The number of carbonyl (C=O) groups is 1. The number of rotatable bonds is 6. The Morgan fingerprint density at radius 2 is 1.79 bits per heavy atom. The summed E-state index contributed by atoms with van der Waals surface area (Å²) in [6, 6.07) is -0.150. The largest absolute Gasteiger partial charge is 0.335 e. The number of sulfone groups is 1. The van der Waals surface area contributed by atoms with Crippen LogP contribution < -0.4 is 0 Å². The number of nitrogens with zero attached hydrogens (tertiary/aromatic N) is 3. The zero-order chi connectivity index (χ0) is 17.2. The molecule has 0 aromatic carbocycles. The lowest BCUT2D eigenvalue weighted by molar-refractivity contribution is -0.133. The predicted octanol–water partition coefficient (Wildman–Crippen LogP) is 0.145. The zero-order valence-electron chi connectivity index (χ0n) is 14.5. The maximum Gasteiger partial charge on any atom is 0.232 e. The van der Waals surface area contributed by atoms with E-state index < -0.39 is 9.84 Å². The van der Waals surface area contributed by atoms with Crippen LogP contribution in [0.1, 0.15) is 19.8 Å². The van der Waals surface area contributed by atoms with Crippen LogP contribution in [0.5, 0.6) is 0 Å². The van der Waals surface area contributed by atoms with Crippen LogP contribution in [0.15, 0.2) is 0 Å². The van der Waals surface area contributed by atoms with E-state index in [9.17, 15) is 13.2 Å². The Morgan fingerprint density at radius 3 is 2.50 bits per heavy atom. The van der Waals surface area contributed by atoms with Crippen molar-refractivity contribution in [2.45, 2.75) is 31.8 Å². The summed E-state index contributed by atoms with van der Waals surface area (Å²) in [6.45, 7) is 7.80. The van der Waals surface area contributed by atoms with Gasteiger partial charge in [-0.2, -0.15) is 11.8 Å². The molecule has 3 aliphatic heterocycles. The van der Waals surface area contributed by atoms with Crippen molar-refractivity contribution in [3.8, 4) is 0 Å². The normalized spacial score (nSPS) is 30.6. The van der Waals surface area contributed by atoms with Gasteiger partial charge in [-0.05, 0) is 32.5 Å². The summed E-state index contributed by atoms with van der Waals surface area (Å²) in [5, 5.41) is 0. The van der Waals surface area contributed by atoms with E-state index >= 15 is 0 Å². The number of carbonyl (C=O) groups excluding carboxylic acids is 1. The van der Waals surface area contributed by atoms with Gasteiger partial charge in [0.15, 0.2) is 9.84 Å². The van der Waals surface area contributed by atoms with Gasteiger partial charge in [-0.15, -0.1) is 0 Å². The van der Waals surface area contributed by atoms with Crippen molar-refractivity contribution in [1.82, 2.24) is 14.7 Å². The fourth-order valence-electron chi connectivity index (χ4n) is 4.17. The fraction of sp³-hybridized carbons (Fsp3) is 0.938. The Labute approximate surface area is 149 Å². The average molecular weight is 376 g/mol. The molecule has 0 bridgehead atoms. The molecular formula is C16H29N3O3S2. The highest BCUT2D eigenvalue weighted by molar-refractivity contribution is 7.99. The lowest BCUT2D eigenvalue weighted by Gasteiger charge is -2.43. The van der Waals surface area contributed by atoms with Gasteiger partial charge in [0, 0.05) is 31.4 Å². The van der Waals surface area contributed by atoms with Gasteiger partial charge in [-0.1, -0.05) is 6.92 Å². The van der Waals surface area contributed by atoms with Gasteiger partial charge in [-0.25, -0.2) is 8.42 Å². The van der Waals surface area contributed by atoms with Crippen LogP contribution in [0, 0.1) is 0 Å². The van der Waals surface area contributed by atoms with Gasteiger partial charge in [0.05, 0.1) is 23.3 Å². The molecule has 3 rings (SSSR count). The van der Waals surface area contributed by atoms with Crippen LogP contribution >= 0.6 is 11.8 Å². The zero-order valence-corrected chi connectivity index (χ0v) is 16.2. The molecule has 0 N–H and O–H groups in total. The topological polar surface area (TPSA) is 60.9 Å². The summed E-state index contributed by atoms with van der Waals surface area (Å²) in [4.78, 5) is 19.1. The quantitative estimate of drug-likeness (QED) is 0.616. The van der Waals surface area contributed by atoms with Crippen molar-refractivity contribution < 1.29 is 13.2 Å². The van der Waals surface area contributed by atoms with Gasteiger partial charge in [0.25, 0.3) is 0 Å². The minimum atomic E-state index is -3.02. The predicted molar refractivity (Wildman–Crippen MR) is 98.2 cm³/mol. The lowest BCUT2D eigenvalue weighted by Crippen LogP contribution is -2.60. The van der Waals surface area contributed by atoms with E-state index in [1.165, 1.54) is 25.9 Å². The maximum absolute atomic E-state index is 12.6. The van der Waals surface area contributed by atoms with Crippen molar-refractivity contribution >= 4 is 27.5 Å². The molecule has 0 unspecified atom stereocenters. The summed E-state index contributed by atoms with van der Waals surface area (Å²) >= 11 is 1.69. The summed E-state index contributed by atoms with van der Waals surface area (Å²) in [6.07, 6.45) is 2.59. The molecule has 24 heavy (non-hydrogen) atoms. The molecule has 3 aliphatic rings. The SMILES string of the molecule is CCN1CCN(C(=O)CSCCN2CCCC2)[C@H]2CS(=O)(=O)C[C@H]21. The molecule has 0 aliphatic carbocycles. The molecule has 2 atom stereocenters. The highest BCUT2D eigenvalue weighted by Crippen LogP contribution is 2.27. The first-order valence-electron chi connectivity index (χ1n) is 9.04. The third kappa shape index (κ3) is 4.26. The number of amides is 1. The second kappa shape index (κ2) is 7.93. The van der Waals surface area contributed by atoms with Gasteiger partial charge in [0.2, 0.25) is 5.91 Å². The summed E-state index contributed by atoms with van der Waals surface area (Å²) in [5.41, 5.74) is 0. The molecule has 0 aromatic heterocycles. The Balaban J connectivity index is 1.50. The summed E-state index contributed by atoms with van der Waals surface area (Å²) in [7, 11) is -3.02. The van der Waals surface area contributed by atoms with Crippen molar-refractivity contribution in [3.05, 3.63) is 0 Å². The molecule has 6 nitrogen and oxygen atoms in total. The molecule has 0 radical (unpaired) electrons. The van der Waals surface area contributed by atoms with E-state index in [-0.39, 0.29) is 29.5 Å². The standard InChI is InChI=1S/C16H29N3O3S2/c1-2-18-7-8-19(15-13-24(21,22)12-14(15)18)16(20)11-23-10-9-17-5-3-4-6-17/h14-15H,2-13H2,1H3/t14-,15+/m1/s1. The molecule has 0 spiro atoms. The number of fused-ring (bicyclic) bond motifs is 1. The minimum Gasteiger partial charge on any atom is -0.335 e. The third-order valence-electron chi connectivity index (χ3n) is 5.49. The highest BCUT2D eigenvalue weighted by atomic mass is 32.2. The molecule has 138 valence electrons. The van der Waals surface area contributed by atoms with Crippen molar-refractivity contribution in [2.75, 3.05) is 62.3 Å². The third-order valence-corrected chi connectivity index (χ3v) is 8.11. The van der Waals surface area contributed by atoms with Crippen LogP contribution in [0.4, 0.5) is 0 Å². The second-order valence-corrected chi connectivity index (χ2v) is 10.3. The first kappa shape index (κ1) is 18.5. The van der Waals surface area contributed by atoms with Crippen molar-refractivity contribution in [3.63, 3.8) is 0 Å². The Bertz CT molecular complexity index is 549. The molecular weight excluding hydrogens is 346 g/mol. The van der Waals surface area contributed by atoms with E-state index in [4.69, 9.17) is 0 Å². The molecule has 8 heteroatoms. The molecule has 1 amide bonds. The van der Waals surface area contributed by atoms with Gasteiger partial charge in [0.1, 0.15) is 0 Å². The average Bonchev–Trinajstić information content (AvgIpc) is 3.16. The van der Waals surface area contributed by atoms with Crippen molar-refractivity contribution in [1.29, 1.82) is 0 Å². The Hall–Kier alpha value is -0.310. The van der Waals surface area contributed by atoms with E-state index in [1.54, 1.807) is 11.8 Å². The molecule has 3 fully saturated rings. The van der Waals surface area contributed by atoms with E-state index in [0.29, 0.717) is 12.3 Å². The van der Waals surface area contributed by atoms with Crippen LogP contribution in [-0.2, 0) is 14.6 Å². The maximum atomic E-state index is 12.6. The van der Waals surface area contributed by atoms with Crippen molar-refractivity contribution in [2.24, 2.45) is 0 Å². The molecule has 3 heterocycles. The lowest BCUT2D eigenvalue weighted by atomic mass is 10.0.